The highest BCUT2D eigenvalue weighted by Gasteiger charge is 2.41. The third kappa shape index (κ3) is 5.20. The molecule has 2 atom stereocenters. The topological polar surface area (TPSA) is 53.6 Å². The number of methoxy groups -OCH3 is 1. The van der Waals surface area contributed by atoms with Gasteiger partial charge in [0.25, 0.3) is 0 Å². The minimum absolute atomic E-state index is 0. The summed E-state index contributed by atoms with van der Waals surface area (Å²) in [6.07, 6.45) is 0.852. The Morgan fingerprint density at radius 3 is 2.55 bits per heavy atom. The number of likely N-dealkylation sites (N-methyl/N-ethyl adjacent to an activating group) is 1. The molecule has 1 heterocycles. The van der Waals surface area contributed by atoms with Crippen LogP contribution in [0.5, 0.6) is 0 Å². The van der Waals surface area contributed by atoms with E-state index >= 15 is 0 Å². The van der Waals surface area contributed by atoms with Gasteiger partial charge in [0, 0.05) is 26.2 Å². The number of amides is 1. The lowest BCUT2D eigenvalue weighted by Crippen LogP contribution is -2.51. The van der Waals surface area contributed by atoms with Crippen LogP contribution in [0.15, 0.2) is 0 Å². The minimum Gasteiger partial charge on any atom is -0.384 e. The summed E-state index contributed by atoms with van der Waals surface area (Å²) >= 11 is 0. The molecule has 1 aliphatic rings. The van der Waals surface area contributed by atoms with Gasteiger partial charge >= 0.3 is 0 Å². The third-order valence-corrected chi connectivity index (χ3v) is 3.95. The SMILES string of the molecule is CCN(CC)CC(C)NC(=O)C1(COC)CCNC1.Cl. The molecule has 0 spiro atoms. The van der Waals surface area contributed by atoms with Gasteiger partial charge in [-0.05, 0) is 33.0 Å². The first-order valence-corrected chi connectivity index (χ1v) is 7.31. The Balaban J connectivity index is 0.00000361. The molecule has 20 heavy (non-hydrogen) atoms. The highest BCUT2D eigenvalue weighted by Crippen LogP contribution is 2.26. The fraction of sp³-hybridized carbons (Fsp3) is 0.929. The maximum atomic E-state index is 12.5. The molecule has 0 radical (unpaired) electrons. The first kappa shape index (κ1) is 19.6. The lowest BCUT2D eigenvalue weighted by atomic mass is 9.86. The molecule has 1 amide bonds. The van der Waals surface area contributed by atoms with E-state index in [1.165, 1.54) is 0 Å². The van der Waals surface area contributed by atoms with Crippen LogP contribution >= 0.6 is 12.4 Å². The molecule has 0 aliphatic carbocycles. The van der Waals surface area contributed by atoms with Crippen LogP contribution in [0.1, 0.15) is 27.2 Å². The van der Waals surface area contributed by atoms with E-state index in [0.717, 1.165) is 32.6 Å². The zero-order chi connectivity index (χ0) is 14.3. The van der Waals surface area contributed by atoms with E-state index < -0.39 is 0 Å². The van der Waals surface area contributed by atoms with E-state index in [9.17, 15) is 4.79 Å². The van der Waals surface area contributed by atoms with Gasteiger partial charge in [0.15, 0.2) is 0 Å². The number of hydrogen-bond acceptors (Lipinski definition) is 4. The summed E-state index contributed by atoms with van der Waals surface area (Å²) in [7, 11) is 1.66. The third-order valence-electron chi connectivity index (χ3n) is 3.95. The molecule has 1 aliphatic heterocycles. The van der Waals surface area contributed by atoms with Crippen LogP contribution in [-0.4, -0.2) is 63.3 Å². The monoisotopic (exact) mass is 307 g/mol. The summed E-state index contributed by atoms with van der Waals surface area (Å²) in [4.78, 5) is 14.8. The molecule has 1 rings (SSSR count). The van der Waals surface area contributed by atoms with Gasteiger partial charge in [0.2, 0.25) is 5.91 Å². The highest BCUT2D eigenvalue weighted by molar-refractivity contribution is 5.85. The molecule has 0 aromatic carbocycles. The maximum Gasteiger partial charge on any atom is 0.230 e. The molecule has 0 aromatic heterocycles. The molecular formula is C14H30ClN3O2. The zero-order valence-electron chi connectivity index (χ0n) is 13.2. The van der Waals surface area contributed by atoms with Crippen LogP contribution in [0.3, 0.4) is 0 Å². The molecule has 6 heteroatoms. The van der Waals surface area contributed by atoms with Gasteiger partial charge < -0.3 is 20.3 Å². The summed E-state index contributed by atoms with van der Waals surface area (Å²) in [6.45, 7) is 11.4. The number of halogens is 1. The molecular weight excluding hydrogens is 278 g/mol. The van der Waals surface area contributed by atoms with Crippen LogP contribution < -0.4 is 10.6 Å². The van der Waals surface area contributed by atoms with Gasteiger partial charge in [-0.3, -0.25) is 4.79 Å². The van der Waals surface area contributed by atoms with E-state index in [0.29, 0.717) is 13.2 Å². The predicted molar refractivity (Wildman–Crippen MR) is 84.4 cm³/mol. The maximum absolute atomic E-state index is 12.5. The van der Waals surface area contributed by atoms with E-state index in [-0.39, 0.29) is 29.8 Å². The van der Waals surface area contributed by atoms with E-state index in [1.807, 2.05) is 0 Å². The van der Waals surface area contributed by atoms with E-state index in [2.05, 4.69) is 36.3 Å². The first-order chi connectivity index (χ1) is 9.07. The lowest BCUT2D eigenvalue weighted by Gasteiger charge is -2.30. The van der Waals surface area contributed by atoms with Crippen LogP contribution in [0.25, 0.3) is 0 Å². The Hall–Kier alpha value is -0.360. The largest absolute Gasteiger partial charge is 0.384 e. The highest BCUT2D eigenvalue weighted by atomic mass is 35.5. The molecule has 0 saturated carbocycles. The van der Waals surface area contributed by atoms with Crippen LogP contribution in [-0.2, 0) is 9.53 Å². The Labute approximate surface area is 129 Å². The number of carbonyl (C=O) groups is 1. The van der Waals surface area contributed by atoms with Crippen molar-refractivity contribution in [3.05, 3.63) is 0 Å². The fourth-order valence-corrected chi connectivity index (χ4v) is 2.69. The van der Waals surface area contributed by atoms with Gasteiger partial charge in [-0.2, -0.15) is 0 Å². The van der Waals surface area contributed by atoms with Crippen molar-refractivity contribution in [1.29, 1.82) is 0 Å². The van der Waals surface area contributed by atoms with Crippen molar-refractivity contribution in [1.82, 2.24) is 15.5 Å². The van der Waals surface area contributed by atoms with Gasteiger partial charge in [-0.25, -0.2) is 0 Å². The Morgan fingerprint density at radius 1 is 1.45 bits per heavy atom. The number of ether oxygens (including phenoxy) is 1. The number of nitrogens with zero attached hydrogens (tertiary/aromatic N) is 1. The second kappa shape index (κ2) is 9.55. The van der Waals surface area contributed by atoms with Crippen molar-refractivity contribution < 1.29 is 9.53 Å². The van der Waals surface area contributed by atoms with Crippen molar-refractivity contribution in [2.45, 2.75) is 33.2 Å². The van der Waals surface area contributed by atoms with E-state index in [4.69, 9.17) is 4.74 Å². The van der Waals surface area contributed by atoms with Gasteiger partial charge in [0.1, 0.15) is 0 Å². The number of nitrogens with one attached hydrogen (secondary N) is 2. The smallest absolute Gasteiger partial charge is 0.230 e. The quantitative estimate of drug-likeness (QED) is 0.699. The summed E-state index contributed by atoms with van der Waals surface area (Å²) in [5.74, 6) is 0.124. The van der Waals surface area contributed by atoms with E-state index in [1.54, 1.807) is 7.11 Å². The van der Waals surface area contributed by atoms with Gasteiger partial charge in [0.05, 0.1) is 12.0 Å². The second-order valence-corrected chi connectivity index (χ2v) is 5.50. The molecule has 2 unspecified atom stereocenters. The molecule has 1 saturated heterocycles. The second-order valence-electron chi connectivity index (χ2n) is 5.50. The Morgan fingerprint density at radius 2 is 2.10 bits per heavy atom. The van der Waals surface area contributed by atoms with Gasteiger partial charge in [-0.15, -0.1) is 12.4 Å². The van der Waals surface area contributed by atoms with Crippen molar-refractivity contribution >= 4 is 18.3 Å². The van der Waals surface area contributed by atoms with Crippen molar-refractivity contribution in [2.24, 2.45) is 5.41 Å². The predicted octanol–water partition coefficient (Wildman–Crippen LogP) is 0.881. The summed E-state index contributed by atoms with van der Waals surface area (Å²) in [5, 5.41) is 6.41. The lowest BCUT2D eigenvalue weighted by molar-refractivity contribution is -0.133. The first-order valence-electron chi connectivity index (χ1n) is 7.31. The Bertz CT molecular complexity index is 280. The minimum atomic E-state index is -0.383. The fourth-order valence-electron chi connectivity index (χ4n) is 2.69. The van der Waals surface area contributed by atoms with Crippen LogP contribution in [0.2, 0.25) is 0 Å². The summed E-state index contributed by atoms with van der Waals surface area (Å²) in [5.41, 5.74) is -0.383. The number of carbonyl (C=O) groups excluding carboxylic acids is 1. The summed E-state index contributed by atoms with van der Waals surface area (Å²) in [6, 6.07) is 0.168. The molecule has 2 N–H and O–H groups in total. The van der Waals surface area contributed by atoms with Crippen LogP contribution in [0, 0.1) is 5.41 Å². The van der Waals surface area contributed by atoms with Crippen molar-refractivity contribution in [2.75, 3.05) is 46.4 Å². The molecule has 0 bridgehead atoms. The standard InChI is InChI=1S/C14H29N3O2.ClH/c1-5-17(6-2)9-12(3)16-13(18)14(11-19-4)7-8-15-10-14;/h12,15H,5-11H2,1-4H3,(H,16,18);1H. The molecule has 0 aromatic rings. The van der Waals surface area contributed by atoms with Crippen LogP contribution in [0.4, 0.5) is 0 Å². The normalized spacial score (nSPS) is 23.4. The Kier molecular flexibility index (Phi) is 9.38. The molecule has 5 nitrogen and oxygen atoms in total. The van der Waals surface area contributed by atoms with Gasteiger partial charge in [-0.1, -0.05) is 13.8 Å². The molecule has 120 valence electrons. The number of rotatable bonds is 8. The van der Waals surface area contributed by atoms with Crippen molar-refractivity contribution in [3.63, 3.8) is 0 Å². The summed E-state index contributed by atoms with van der Waals surface area (Å²) < 4.78 is 5.24. The number of hydrogen-bond donors (Lipinski definition) is 2. The average molecular weight is 308 g/mol. The zero-order valence-corrected chi connectivity index (χ0v) is 14.0. The van der Waals surface area contributed by atoms with Crippen molar-refractivity contribution in [3.8, 4) is 0 Å². The molecule has 1 fully saturated rings. The average Bonchev–Trinajstić information content (AvgIpc) is 2.86.